The van der Waals surface area contributed by atoms with Crippen LogP contribution >= 0.6 is 0 Å². The molecule has 0 unspecified atom stereocenters. The Bertz CT molecular complexity index is 977. The summed E-state index contributed by atoms with van der Waals surface area (Å²) in [6.07, 6.45) is 4.51. The number of halogens is 1. The van der Waals surface area contributed by atoms with Gasteiger partial charge in [0.1, 0.15) is 11.6 Å². The van der Waals surface area contributed by atoms with Crippen molar-refractivity contribution in [2.75, 3.05) is 33.2 Å². The van der Waals surface area contributed by atoms with E-state index in [2.05, 4.69) is 4.90 Å². The van der Waals surface area contributed by atoms with Crippen LogP contribution in [0.3, 0.4) is 0 Å². The Morgan fingerprint density at radius 3 is 2.48 bits per heavy atom. The summed E-state index contributed by atoms with van der Waals surface area (Å²) < 4.78 is 19.2. The molecule has 0 bridgehead atoms. The fourth-order valence-corrected chi connectivity index (χ4v) is 4.28. The van der Waals surface area contributed by atoms with E-state index in [-0.39, 0.29) is 11.7 Å². The van der Waals surface area contributed by atoms with Crippen molar-refractivity contribution in [3.8, 4) is 11.3 Å². The van der Waals surface area contributed by atoms with Gasteiger partial charge in [-0.25, -0.2) is 4.39 Å². The number of carbonyl (C=O) groups is 1. The van der Waals surface area contributed by atoms with Crippen molar-refractivity contribution in [1.29, 1.82) is 0 Å². The van der Waals surface area contributed by atoms with E-state index in [9.17, 15) is 9.18 Å². The minimum absolute atomic E-state index is 0.0491. The van der Waals surface area contributed by atoms with E-state index < -0.39 is 0 Å². The number of hydrogen-bond acceptors (Lipinski definition) is 3. The van der Waals surface area contributed by atoms with Gasteiger partial charge in [-0.1, -0.05) is 30.3 Å². The molecule has 1 aliphatic heterocycles. The van der Waals surface area contributed by atoms with Gasteiger partial charge in [0.05, 0.1) is 6.26 Å². The van der Waals surface area contributed by atoms with E-state index in [0.29, 0.717) is 11.5 Å². The van der Waals surface area contributed by atoms with Crippen LogP contribution in [0.2, 0.25) is 0 Å². The maximum Gasteiger partial charge on any atom is 0.253 e. The fraction of sp³-hybridized carbons (Fsp3) is 0.346. The summed E-state index contributed by atoms with van der Waals surface area (Å²) in [5.41, 5.74) is 2.44. The monoisotopic (exact) mass is 420 g/mol. The molecule has 0 aliphatic carbocycles. The molecule has 4 rings (SSSR count). The van der Waals surface area contributed by atoms with Crippen LogP contribution in [-0.2, 0) is 6.42 Å². The molecule has 5 heteroatoms. The standard InChI is InChI=1S/C26H29FN2O2/c1-28(26(30)23-10-8-22(9-11-23)25-7-4-18-31-25)19-20-12-15-29(16-13-20)17-14-21-5-2-3-6-24(21)27/h2-11,18,20H,12-17,19H2,1H3. The zero-order valence-corrected chi connectivity index (χ0v) is 18.0. The van der Waals surface area contributed by atoms with Crippen molar-refractivity contribution >= 4 is 5.91 Å². The number of benzene rings is 2. The Balaban J connectivity index is 1.23. The quantitative estimate of drug-likeness (QED) is 0.533. The lowest BCUT2D eigenvalue weighted by molar-refractivity contribution is 0.0740. The molecule has 1 aromatic heterocycles. The van der Waals surface area contributed by atoms with E-state index in [1.54, 1.807) is 12.3 Å². The molecule has 0 N–H and O–H groups in total. The van der Waals surface area contributed by atoms with Gasteiger partial charge in [-0.3, -0.25) is 4.79 Å². The highest BCUT2D eigenvalue weighted by Crippen LogP contribution is 2.22. The highest BCUT2D eigenvalue weighted by Gasteiger charge is 2.22. The summed E-state index contributed by atoms with van der Waals surface area (Å²) in [4.78, 5) is 17.1. The topological polar surface area (TPSA) is 36.7 Å². The predicted octanol–water partition coefficient (Wildman–Crippen LogP) is 5.11. The van der Waals surface area contributed by atoms with Gasteiger partial charge in [-0.15, -0.1) is 0 Å². The van der Waals surface area contributed by atoms with Crippen molar-refractivity contribution in [2.24, 2.45) is 5.92 Å². The van der Waals surface area contributed by atoms with Crippen LogP contribution in [-0.4, -0.2) is 48.9 Å². The van der Waals surface area contributed by atoms with E-state index in [1.165, 1.54) is 6.07 Å². The molecule has 0 spiro atoms. The third kappa shape index (κ3) is 5.42. The zero-order chi connectivity index (χ0) is 21.6. The van der Waals surface area contributed by atoms with Gasteiger partial charge in [-0.2, -0.15) is 0 Å². The Hall–Kier alpha value is -2.92. The number of nitrogens with zero attached hydrogens (tertiary/aromatic N) is 2. The number of rotatable bonds is 7. The second-order valence-corrected chi connectivity index (χ2v) is 8.37. The van der Waals surface area contributed by atoms with E-state index in [4.69, 9.17) is 4.42 Å². The van der Waals surface area contributed by atoms with Crippen LogP contribution in [0.15, 0.2) is 71.3 Å². The van der Waals surface area contributed by atoms with E-state index in [0.717, 1.165) is 62.3 Å². The number of piperidine rings is 1. The molecule has 0 atom stereocenters. The SMILES string of the molecule is CN(CC1CCN(CCc2ccccc2F)CC1)C(=O)c1ccc(-c2ccco2)cc1. The molecule has 2 aromatic carbocycles. The van der Waals surface area contributed by atoms with Gasteiger partial charge in [0.25, 0.3) is 5.91 Å². The smallest absolute Gasteiger partial charge is 0.253 e. The molecule has 1 fully saturated rings. The predicted molar refractivity (Wildman–Crippen MR) is 120 cm³/mol. The highest BCUT2D eigenvalue weighted by atomic mass is 19.1. The summed E-state index contributed by atoms with van der Waals surface area (Å²) in [5, 5.41) is 0. The van der Waals surface area contributed by atoms with Crippen molar-refractivity contribution in [3.05, 3.63) is 83.9 Å². The van der Waals surface area contributed by atoms with Crippen LogP contribution in [0.4, 0.5) is 4.39 Å². The Kier molecular flexibility index (Phi) is 6.82. The first-order valence-corrected chi connectivity index (χ1v) is 11.0. The second-order valence-electron chi connectivity index (χ2n) is 8.37. The zero-order valence-electron chi connectivity index (χ0n) is 18.0. The van der Waals surface area contributed by atoms with Crippen LogP contribution < -0.4 is 0 Å². The van der Waals surface area contributed by atoms with Crippen LogP contribution in [0, 0.1) is 11.7 Å². The van der Waals surface area contributed by atoms with Gasteiger partial charge in [0, 0.05) is 31.3 Å². The van der Waals surface area contributed by atoms with Crippen molar-refractivity contribution in [2.45, 2.75) is 19.3 Å². The number of amides is 1. The normalized spacial score (nSPS) is 15.2. The minimum atomic E-state index is -0.116. The maximum absolute atomic E-state index is 13.8. The summed E-state index contributed by atoms with van der Waals surface area (Å²) in [7, 11) is 1.88. The molecule has 1 amide bonds. The van der Waals surface area contributed by atoms with Gasteiger partial charge in [0.2, 0.25) is 0 Å². The number of likely N-dealkylation sites (tertiary alicyclic amines) is 1. The summed E-state index contributed by atoms with van der Waals surface area (Å²) in [6.45, 7) is 3.64. The van der Waals surface area contributed by atoms with Gasteiger partial charge < -0.3 is 14.2 Å². The van der Waals surface area contributed by atoms with Crippen LogP contribution in [0.1, 0.15) is 28.8 Å². The average Bonchev–Trinajstić information content (AvgIpc) is 3.34. The molecule has 3 aromatic rings. The largest absolute Gasteiger partial charge is 0.464 e. The molecule has 162 valence electrons. The van der Waals surface area contributed by atoms with Crippen LogP contribution in [0.5, 0.6) is 0 Å². The molecule has 2 heterocycles. The van der Waals surface area contributed by atoms with E-state index >= 15 is 0 Å². The molecule has 0 saturated carbocycles. The fourth-order valence-electron chi connectivity index (χ4n) is 4.28. The second kappa shape index (κ2) is 9.92. The lowest BCUT2D eigenvalue weighted by Gasteiger charge is -2.34. The minimum Gasteiger partial charge on any atom is -0.464 e. The Morgan fingerprint density at radius 2 is 1.81 bits per heavy atom. The van der Waals surface area contributed by atoms with Gasteiger partial charge in [-0.05, 0) is 74.2 Å². The summed E-state index contributed by atoms with van der Waals surface area (Å²) in [5.74, 6) is 1.23. The third-order valence-corrected chi connectivity index (χ3v) is 6.18. The molecule has 4 nitrogen and oxygen atoms in total. The van der Waals surface area contributed by atoms with Crippen molar-refractivity contribution in [3.63, 3.8) is 0 Å². The molecule has 0 radical (unpaired) electrons. The first-order valence-electron chi connectivity index (χ1n) is 11.0. The Labute approximate surface area is 183 Å². The van der Waals surface area contributed by atoms with Crippen molar-refractivity contribution in [1.82, 2.24) is 9.80 Å². The average molecular weight is 421 g/mol. The molecule has 1 saturated heterocycles. The first kappa shape index (κ1) is 21.3. The molecule has 31 heavy (non-hydrogen) atoms. The van der Waals surface area contributed by atoms with Crippen LogP contribution in [0.25, 0.3) is 11.3 Å². The van der Waals surface area contributed by atoms with Gasteiger partial charge in [0.15, 0.2) is 0 Å². The number of carbonyl (C=O) groups excluding carboxylic acids is 1. The Morgan fingerprint density at radius 1 is 1.06 bits per heavy atom. The van der Waals surface area contributed by atoms with Crippen molar-refractivity contribution < 1.29 is 13.6 Å². The lowest BCUT2D eigenvalue weighted by Crippen LogP contribution is -2.40. The lowest BCUT2D eigenvalue weighted by atomic mass is 9.95. The highest BCUT2D eigenvalue weighted by molar-refractivity contribution is 5.94. The molecular weight excluding hydrogens is 391 g/mol. The summed E-state index contributed by atoms with van der Waals surface area (Å²) in [6, 6.07) is 18.4. The molecular formula is C26H29FN2O2. The van der Waals surface area contributed by atoms with Gasteiger partial charge >= 0.3 is 0 Å². The first-order chi connectivity index (χ1) is 15.1. The number of hydrogen-bond donors (Lipinski definition) is 0. The molecule has 1 aliphatic rings. The third-order valence-electron chi connectivity index (χ3n) is 6.18. The summed E-state index contributed by atoms with van der Waals surface area (Å²) >= 11 is 0. The number of furan rings is 1. The van der Waals surface area contributed by atoms with E-state index in [1.807, 2.05) is 60.5 Å². The maximum atomic E-state index is 13.8.